The molecular weight excluding hydrogens is 206 g/mol. The number of hydrogen-bond acceptors (Lipinski definition) is 3. The van der Waals surface area contributed by atoms with Crippen LogP contribution in [-0.2, 0) is 0 Å². The molecule has 0 bridgehead atoms. The van der Waals surface area contributed by atoms with Gasteiger partial charge in [-0.3, -0.25) is 4.79 Å². The number of nitrogens with two attached hydrogens (primary N) is 1. The van der Waals surface area contributed by atoms with Crippen molar-refractivity contribution in [2.45, 2.75) is 6.92 Å². The van der Waals surface area contributed by atoms with Crippen LogP contribution < -0.4 is 5.73 Å². The van der Waals surface area contributed by atoms with Gasteiger partial charge >= 0.3 is 0 Å². The first-order valence-electron chi connectivity index (χ1n) is 4.62. The molecule has 0 fully saturated rings. The lowest BCUT2D eigenvalue weighted by atomic mass is 10.1. The number of carbonyl (C=O) groups is 1. The summed E-state index contributed by atoms with van der Waals surface area (Å²) >= 11 is 1.58. The maximum atomic E-state index is 12.0. The first-order valence-corrected chi connectivity index (χ1v) is 5.50. The average Bonchev–Trinajstić information content (AvgIpc) is 2.64. The minimum atomic E-state index is 0.0339. The smallest absolute Gasteiger partial charge is 0.193 e. The average molecular weight is 217 g/mol. The second kappa shape index (κ2) is 3.87. The van der Waals surface area contributed by atoms with Crippen molar-refractivity contribution < 1.29 is 4.79 Å². The summed E-state index contributed by atoms with van der Waals surface area (Å²) in [6, 6.07) is 8.95. The molecular formula is C12H11NOS. The molecule has 0 amide bonds. The van der Waals surface area contributed by atoms with Crippen LogP contribution in [0.3, 0.4) is 0 Å². The summed E-state index contributed by atoms with van der Waals surface area (Å²) in [5, 5.41) is 1.88. The summed E-state index contributed by atoms with van der Waals surface area (Å²) in [4.78, 5) is 13.1. The number of thiophene rings is 1. The third kappa shape index (κ3) is 2.07. The molecule has 0 unspecified atom stereocenters. The Morgan fingerprint density at radius 3 is 2.67 bits per heavy atom. The Labute approximate surface area is 92.4 Å². The van der Waals surface area contributed by atoms with E-state index in [-0.39, 0.29) is 5.78 Å². The zero-order valence-electron chi connectivity index (χ0n) is 8.36. The molecule has 15 heavy (non-hydrogen) atoms. The van der Waals surface area contributed by atoms with Gasteiger partial charge in [-0.25, -0.2) is 0 Å². The van der Waals surface area contributed by atoms with Crippen molar-refractivity contribution in [2.75, 3.05) is 5.73 Å². The van der Waals surface area contributed by atoms with E-state index in [0.29, 0.717) is 11.3 Å². The van der Waals surface area contributed by atoms with E-state index in [1.807, 2.05) is 18.4 Å². The van der Waals surface area contributed by atoms with Gasteiger partial charge in [0.2, 0.25) is 0 Å². The molecule has 0 spiro atoms. The van der Waals surface area contributed by atoms with E-state index in [1.165, 1.54) is 0 Å². The number of benzene rings is 1. The van der Waals surface area contributed by atoms with E-state index in [4.69, 9.17) is 5.73 Å². The molecule has 2 N–H and O–H groups in total. The van der Waals surface area contributed by atoms with Gasteiger partial charge in [-0.1, -0.05) is 12.1 Å². The Balaban J connectivity index is 2.36. The lowest BCUT2D eigenvalue weighted by Crippen LogP contribution is -2.00. The Morgan fingerprint density at radius 1 is 1.27 bits per heavy atom. The zero-order chi connectivity index (χ0) is 10.8. The molecule has 76 valence electrons. The molecule has 0 saturated carbocycles. The molecule has 1 aromatic carbocycles. The van der Waals surface area contributed by atoms with Crippen LogP contribution in [-0.4, -0.2) is 5.78 Å². The van der Waals surface area contributed by atoms with Gasteiger partial charge in [0.15, 0.2) is 5.78 Å². The van der Waals surface area contributed by atoms with E-state index in [9.17, 15) is 4.79 Å². The lowest BCUT2D eigenvalue weighted by Gasteiger charge is -1.99. The van der Waals surface area contributed by atoms with Gasteiger partial charge in [-0.15, -0.1) is 11.3 Å². The molecule has 0 radical (unpaired) electrons. The van der Waals surface area contributed by atoms with Crippen molar-refractivity contribution in [2.24, 2.45) is 0 Å². The highest BCUT2D eigenvalue weighted by atomic mass is 32.1. The molecule has 1 heterocycles. The molecule has 2 rings (SSSR count). The molecule has 1 aromatic heterocycles. The maximum absolute atomic E-state index is 12.0. The zero-order valence-corrected chi connectivity index (χ0v) is 9.17. The fourth-order valence-corrected chi connectivity index (χ4v) is 2.09. The molecule has 0 aliphatic rings. The van der Waals surface area contributed by atoms with E-state index in [1.54, 1.807) is 35.6 Å². The first kappa shape index (κ1) is 9.93. The number of ketones is 1. The van der Waals surface area contributed by atoms with Crippen LogP contribution in [0.5, 0.6) is 0 Å². The number of hydrogen-bond donors (Lipinski definition) is 1. The summed E-state index contributed by atoms with van der Waals surface area (Å²) in [5.41, 5.74) is 7.63. The number of carbonyl (C=O) groups excluding carboxylic acids is 1. The van der Waals surface area contributed by atoms with Crippen LogP contribution in [0.15, 0.2) is 35.7 Å². The number of nitrogen functional groups attached to an aromatic ring is 1. The maximum Gasteiger partial charge on any atom is 0.193 e. The fraction of sp³-hybridized carbons (Fsp3) is 0.0833. The summed E-state index contributed by atoms with van der Waals surface area (Å²) in [5.74, 6) is 0.0339. The van der Waals surface area contributed by atoms with Crippen LogP contribution in [0.2, 0.25) is 0 Å². The lowest BCUT2D eigenvalue weighted by molar-refractivity contribution is 0.103. The Morgan fingerprint density at radius 2 is 2.07 bits per heavy atom. The first-order chi connectivity index (χ1) is 7.16. The molecule has 3 heteroatoms. The molecule has 0 saturated heterocycles. The van der Waals surface area contributed by atoms with Gasteiger partial charge in [-0.05, 0) is 25.1 Å². The predicted molar refractivity (Wildman–Crippen MR) is 63.3 cm³/mol. The normalized spacial score (nSPS) is 10.2. The number of rotatable bonds is 2. The number of aryl methyl sites for hydroxylation is 1. The van der Waals surface area contributed by atoms with Gasteiger partial charge in [0, 0.05) is 27.1 Å². The summed E-state index contributed by atoms with van der Waals surface area (Å²) in [7, 11) is 0. The van der Waals surface area contributed by atoms with Crippen molar-refractivity contribution in [3.8, 4) is 0 Å². The minimum absolute atomic E-state index is 0.0339. The van der Waals surface area contributed by atoms with Crippen molar-refractivity contribution >= 4 is 22.8 Å². The second-order valence-electron chi connectivity index (χ2n) is 3.40. The molecule has 2 nitrogen and oxygen atoms in total. The van der Waals surface area contributed by atoms with Gasteiger partial charge in [0.05, 0.1) is 0 Å². The van der Waals surface area contributed by atoms with E-state index >= 15 is 0 Å². The van der Waals surface area contributed by atoms with Gasteiger partial charge in [-0.2, -0.15) is 0 Å². The van der Waals surface area contributed by atoms with Gasteiger partial charge < -0.3 is 5.73 Å². The van der Waals surface area contributed by atoms with E-state index < -0.39 is 0 Å². The quantitative estimate of drug-likeness (QED) is 0.621. The van der Waals surface area contributed by atoms with Crippen LogP contribution >= 0.6 is 11.3 Å². The van der Waals surface area contributed by atoms with Crippen molar-refractivity contribution in [3.63, 3.8) is 0 Å². The monoisotopic (exact) mass is 217 g/mol. The minimum Gasteiger partial charge on any atom is -0.399 e. The van der Waals surface area contributed by atoms with E-state index in [2.05, 4.69) is 0 Å². The SMILES string of the molecule is Cc1cc(C(=O)c2cccc(N)c2)cs1. The number of anilines is 1. The topological polar surface area (TPSA) is 43.1 Å². The van der Waals surface area contributed by atoms with Crippen molar-refractivity contribution in [1.82, 2.24) is 0 Å². The summed E-state index contributed by atoms with van der Waals surface area (Å²) in [6.07, 6.45) is 0. The third-order valence-electron chi connectivity index (χ3n) is 2.14. The van der Waals surface area contributed by atoms with Crippen molar-refractivity contribution in [1.29, 1.82) is 0 Å². The van der Waals surface area contributed by atoms with E-state index in [0.717, 1.165) is 10.4 Å². The molecule has 2 aromatic rings. The standard InChI is InChI=1S/C12H11NOS/c1-8-5-10(7-15-8)12(14)9-3-2-4-11(13)6-9/h2-7H,13H2,1H3. The predicted octanol–water partition coefficient (Wildman–Crippen LogP) is 2.87. The summed E-state index contributed by atoms with van der Waals surface area (Å²) in [6.45, 7) is 1.99. The highest BCUT2D eigenvalue weighted by Gasteiger charge is 2.10. The molecule has 0 aliphatic heterocycles. The Hall–Kier alpha value is -1.61. The largest absolute Gasteiger partial charge is 0.399 e. The second-order valence-corrected chi connectivity index (χ2v) is 4.52. The van der Waals surface area contributed by atoms with Crippen LogP contribution in [0.25, 0.3) is 0 Å². The third-order valence-corrected chi connectivity index (χ3v) is 3.00. The molecule has 0 aliphatic carbocycles. The highest BCUT2D eigenvalue weighted by molar-refractivity contribution is 7.10. The van der Waals surface area contributed by atoms with Crippen LogP contribution in [0.4, 0.5) is 5.69 Å². The van der Waals surface area contributed by atoms with Gasteiger partial charge in [0.1, 0.15) is 0 Å². The summed E-state index contributed by atoms with van der Waals surface area (Å²) < 4.78 is 0. The fourth-order valence-electron chi connectivity index (χ4n) is 1.41. The van der Waals surface area contributed by atoms with Crippen molar-refractivity contribution in [3.05, 3.63) is 51.7 Å². The molecule has 0 atom stereocenters. The van der Waals surface area contributed by atoms with Crippen LogP contribution in [0, 0.1) is 6.92 Å². The Kier molecular flexibility index (Phi) is 2.56. The highest BCUT2D eigenvalue weighted by Crippen LogP contribution is 2.18. The van der Waals surface area contributed by atoms with Gasteiger partial charge in [0.25, 0.3) is 0 Å². The van der Waals surface area contributed by atoms with Crippen LogP contribution in [0.1, 0.15) is 20.8 Å². The Bertz CT molecular complexity index is 502.